The second kappa shape index (κ2) is 4.65. The van der Waals surface area contributed by atoms with Gasteiger partial charge in [-0.25, -0.2) is 4.79 Å². The highest BCUT2D eigenvalue weighted by molar-refractivity contribution is 8.01. The molecular weight excluding hydrogens is 256 g/mol. The summed E-state index contributed by atoms with van der Waals surface area (Å²) < 4.78 is 5.40. The molecule has 6 heteroatoms. The van der Waals surface area contributed by atoms with Crippen LogP contribution in [-0.4, -0.2) is 38.2 Å². The van der Waals surface area contributed by atoms with Crippen molar-refractivity contribution in [2.75, 3.05) is 5.75 Å². The quantitative estimate of drug-likeness (QED) is 0.745. The molecule has 1 saturated heterocycles. The predicted octanol–water partition coefficient (Wildman–Crippen LogP) is 2.36. The molecule has 0 bridgehead atoms. The van der Waals surface area contributed by atoms with Crippen molar-refractivity contribution in [1.82, 2.24) is 4.90 Å². The molecule has 0 saturated carbocycles. The molecule has 1 aliphatic heterocycles. The first kappa shape index (κ1) is 14.6. The Bertz CT molecular complexity index is 337. The molecule has 1 aliphatic rings. The summed E-state index contributed by atoms with van der Waals surface area (Å²) in [6, 6.07) is -0.222. The number of thioether (sulfide) groups is 1. The van der Waals surface area contributed by atoms with Gasteiger partial charge in [-0.05, 0) is 34.6 Å². The topological polar surface area (TPSA) is 55.6 Å². The minimum atomic E-state index is -0.513. The number of amides is 1. The highest BCUT2D eigenvalue weighted by Gasteiger charge is 2.46. The van der Waals surface area contributed by atoms with Crippen LogP contribution in [0.1, 0.15) is 34.6 Å². The van der Waals surface area contributed by atoms with E-state index in [4.69, 9.17) is 22.7 Å². The van der Waals surface area contributed by atoms with Crippen LogP contribution in [0.3, 0.4) is 0 Å². The SMILES string of the molecule is CC(C)(C)OC(=O)N1[C@H](C(N)=S)CSC1(C)C. The normalized spacial score (nSPS) is 23.6. The van der Waals surface area contributed by atoms with Crippen LogP contribution in [0, 0.1) is 0 Å². The lowest BCUT2D eigenvalue weighted by atomic mass is 10.2. The van der Waals surface area contributed by atoms with E-state index in [1.165, 1.54) is 0 Å². The van der Waals surface area contributed by atoms with Gasteiger partial charge in [-0.15, -0.1) is 11.8 Å². The lowest BCUT2D eigenvalue weighted by Gasteiger charge is -2.35. The third kappa shape index (κ3) is 3.48. The van der Waals surface area contributed by atoms with Crippen LogP contribution in [0.15, 0.2) is 0 Å². The fourth-order valence-electron chi connectivity index (χ4n) is 1.67. The number of ether oxygens (including phenoxy) is 1. The molecule has 0 aromatic rings. The van der Waals surface area contributed by atoms with Crippen molar-refractivity contribution in [1.29, 1.82) is 0 Å². The van der Waals surface area contributed by atoms with Crippen molar-refractivity contribution < 1.29 is 9.53 Å². The minimum absolute atomic E-state index is 0.222. The summed E-state index contributed by atoms with van der Waals surface area (Å²) in [4.78, 5) is 13.8. The number of thiocarbonyl (C=S) groups is 1. The van der Waals surface area contributed by atoms with Crippen LogP contribution in [0.25, 0.3) is 0 Å². The van der Waals surface area contributed by atoms with Crippen LogP contribution in [-0.2, 0) is 4.74 Å². The summed E-state index contributed by atoms with van der Waals surface area (Å²) in [6.07, 6.45) is -0.356. The smallest absolute Gasteiger partial charge is 0.412 e. The zero-order valence-electron chi connectivity index (χ0n) is 10.9. The van der Waals surface area contributed by atoms with Gasteiger partial charge in [-0.3, -0.25) is 4.90 Å². The van der Waals surface area contributed by atoms with Gasteiger partial charge in [0.2, 0.25) is 0 Å². The molecule has 0 spiro atoms. The van der Waals surface area contributed by atoms with Crippen molar-refractivity contribution >= 4 is 35.1 Å². The first-order valence-corrected chi connectivity index (χ1v) is 6.89. The number of nitrogens with zero attached hydrogens (tertiary/aromatic N) is 1. The Morgan fingerprint density at radius 1 is 1.53 bits per heavy atom. The maximum absolute atomic E-state index is 12.2. The van der Waals surface area contributed by atoms with Crippen molar-refractivity contribution in [2.45, 2.75) is 51.1 Å². The van der Waals surface area contributed by atoms with E-state index in [9.17, 15) is 4.79 Å². The average Bonchev–Trinajstić information content (AvgIpc) is 2.37. The minimum Gasteiger partial charge on any atom is -0.444 e. The largest absolute Gasteiger partial charge is 0.444 e. The van der Waals surface area contributed by atoms with E-state index >= 15 is 0 Å². The number of hydrogen-bond acceptors (Lipinski definition) is 4. The summed E-state index contributed by atoms with van der Waals surface area (Å²) in [6.45, 7) is 9.48. The molecule has 17 heavy (non-hydrogen) atoms. The summed E-state index contributed by atoms with van der Waals surface area (Å²) in [7, 11) is 0. The monoisotopic (exact) mass is 276 g/mol. The predicted molar refractivity (Wildman–Crippen MR) is 75.2 cm³/mol. The average molecular weight is 276 g/mol. The number of carbonyl (C=O) groups is 1. The standard InChI is InChI=1S/C11H20N2O2S2/c1-10(2,3)15-9(14)13-7(8(12)16)6-17-11(13,4)5/h7H,6H2,1-5H3,(H2,12,16)/t7-/m0/s1. The van der Waals surface area contributed by atoms with Crippen LogP contribution in [0.2, 0.25) is 0 Å². The molecule has 1 fully saturated rings. The molecule has 1 amide bonds. The van der Waals surface area contributed by atoms with Crippen LogP contribution in [0.5, 0.6) is 0 Å². The van der Waals surface area contributed by atoms with Gasteiger partial charge in [0.15, 0.2) is 0 Å². The fourth-order valence-corrected chi connectivity index (χ4v) is 3.20. The highest BCUT2D eigenvalue weighted by atomic mass is 32.2. The number of carbonyl (C=O) groups excluding carboxylic acids is 1. The summed E-state index contributed by atoms with van der Waals surface area (Å²) in [5.74, 6) is 0.724. The molecule has 0 aromatic carbocycles. The zero-order valence-corrected chi connectivity index (χ0v) is 12.6. The van der Waals surface area contributed by atoms with Crippen molar-refractivity contribution in [3.05, 3.63) is 0 Å². The molecule has 0 radical (unpaired) electrons. The van der Waals surface area contributed by atoms with Gasteiger partial charge in [0.25, 0.3) is 0 Å². The molecular formula is C11H20N2O2S2. The highest BCUT2D eigenvalue weighted by Crippen LogP contribution is 2.39. The van der Waals surface area contributed by atoms with E-state index in [0.29, 0.717) is 4.99 Å². The first-order valence-electron chi connectivity index (χ1n) is 5.50. The van der Waals surface area contributed by atoms with Gasteiger partial charge in [0, 0.05) is 5.75 Å². The second-order valence-electron chi connectivity index (χ2n) is 5.53. The van der Waals surface area contributed by atoms with E-state index in [2.05, 4.69) is 0 Å². The van der Waals surface area contributed by atoms with Gasteiger partial charge >= 0.3 is 6.09 Å². The van der Waals surface area contributed by atoms with Crippen molar-refractivity contribution in [3.63, 3.8) is 0 Å². The Labute approximate surface area is 112 Å². The maximum atomic E-state index is 12.2. The third-order valence-electron chi connectivity index (χ3n) is 2.40. The third-order valence-corrected chi connectivity index (χ3v) is 4.06. The van der Waals surface area contributed by atoms with E-state index in [1.54, 1.807) is 16.7 Å². The fraction of sp³-hybridized carbons (Fsp3) is 0.818. The van der Waals surface area contributed by atoms with E-state index in [-0.39, 0.29) is 17.0 Å². The van der Waals surface area contributed by atoms with Gasteiger partial charge in [-0.2, -0.15) is 0 Å². The van der Waals surface area contributed by atoms with Gasteiger partial charge in [0.05, 0.1) is 15.9 Å². The number of rotatable bonds is 1. The molecule has 4 nitrogen and oxygen atoms in total. The van der Waals surface area contributed by atoms with E-state index in [0.717, 1.165) is 5.75 Å². The Morgan fingerprint density at radius 2 is 2.06 bits per heavy atom. The van der Waals surface area contributed by atoms with Crippen LogP contribution < -0.4 is 5.73 Å². The van der Waals surface area contributed by atoms with Gasteiger partial charge in [-0.1, -0.05) is 12.2 Å². The Morgan fingerprint density at radius 3 is 2.47 bits per heavy atom. The van der Waals surface area contributed by atoms with Crippen molar-refractivity contribution in [3.8, 4) is 0 Å². The zero-order chi connectivity index (χ0) is 13.4. The Balaban J connectivity index is 2.90. The summed E-state index contributed by atoms with van der Waals surface area (Å²) >= 11 is 6.67. The summed E-state index contributed by atoms with van der Waals surface area (Å²) in [5.41, 5.74) is 5.17. The first-order chi connectivity index (χ1) is 7.54. The lowest BCUT2D eigenvalue weighted by molar-refractivity contribution is 0.0153. The van der Waals surface area contributed by atoms with Gasteiger partial charge < -0.3 is 10.5 Å². The molecule has 0 aliphatic carbocycles. The molecule has 2 N–H and O–H groups in total. The van der Waals surface area contributed by atoms with Gasteiger partial charge in [0.1, 0.15) is 5.60 Å². The Hall–Kier alpha value is -0.490. The molecule has 98 valence electrons. The molecule has 1 heterocycles. The van der Waals surface area contributed by atoms with Crippen molar-refractivity contribution in [2.24, 2.45) is 5.73 Å². The van der Waals surface area contributed by atoms with E-state index in [1.807, 2.05) is 34.6 Å². The molecule has 0 aromatic heterocycles. The molecule has 0 unspecified atom stereocenters. The maximum Gasteiger partial charge on any atom is 0.412 e. The van der Waals surface area contributed by atoms with Crippen LogP contribution >= 0.6 is 24.0 Å². The molecule has 1 atom stereocenters. The summed E-state index contributed by atoms with van der Waals surface area (Å²) in [5, 5.41) is 0. The molecule has 1 rings (SSSR count). The van der Waals surface area contributed by atoms with Crippen LogP contribution in [0.4, 0.5) is 4.79 Å². The van der Waals surface area contributed by atoms with E-state index < -0.39 is 5.60 Å². The Kier molecular flexibility index (Phi) is 3.98. The number of nitrogens with two attached hydrogens (primary N) is 1. The number of hydrogen-bond donors (Lipinski definition) is 1. The lowest BCUT2D eigenvalue weighted by Crippen LogP contribution is -2.52. The second-order valence-corrected chi connectivity index (χ2v) is 7.62.